The number of fused-ring (bicyclic) bond motifs is 1. The van der Waals surface area contributed by atoms with Gasteiger partial charge in [-0.15, -0.1) is 0 Å². The van der Waals surface area contributed by atoms with Crippen LogP contribution in [0.1, 0.15) is 30.9 Å². The van der Waals surface area contributed by atoms with E-state index in [1.54, 1.807) is 0 Å². The highest BCUT2D eigenvalue weighted by molar-refractivity contribution is 5.44. The van der Waals surface area contributed by atoms with Gasteiger partial charge in [-0.2, -0.15) is 0 Å². The van der Waals surface area contributed by atoms with Gasteiger partial charge in [0.1, 0.15) is 0 Å². The van der Waals surface area contributed by atoms with Crippen LogP contribution >= 0.6 is 0 Å². The summed E-state index contributed by atoms with van der Waals surface area (Å²) in [5.41, 5.74) is 1.21. The van der Waals surface area contributed by atoms with E-state index in [0.717, 1.165) is 50.6 Å². The van der Waals surface area contributed by atoms with Gasteiger partial charge in [-0.3, -0.25) is 0 Å². The van der Waals surface area contributed by atoms with Crippen molar-refractivity contribution in [2.24, 2.45) is 0 Å². The molecule has 0 amide bonds. The lowest BCUT2D eigenvalue weighted by atomic mass is 9.99. The first-order valence-corrected chi connectivity index (χ1v) is 7.07. The van der Waals surface area contributed by atoms with Gasteiger partial charge in [0.25, 0.3) is 0 Å². The summed E-state index contributed by atoms with van der Waals surface area (Å²) in [6, 6.07) is 6.43. The standard InChI is InChI=1S/C15H21NO3/c1-16-15(13-4-2-7-18-13)11-5-6-12-14(10-11)19-9-3-8-17-12/h5-6,10,13,15-16H,2-4,7-9H2,1H3. The van der Waals surface area contributed by atoms with E-state index in [0.29, 0.717) is 0 Å². The first kappa shape index (κ1) is 12.8. The topological polar surface area (TPSA) is 39.7 Å². The van der Waals surface area contributed by atoms with Crippen molar-refractivity contribution in [3.63, 3.8) is 0 Å². The van der Waals surface area contributed by atoms with Crippen LogP contribution in [0, 0.1) is 0 Å². The van der Waals surface area contributed by atoms with Gasteiger partial charge in [0.2, 0.25) is 0 Å². The first-order valence-electron chi connectivity index (χ1n) is 7.07. The summed E-state index contributed by atoms with van der Waals surface area (Å²) in [6.45, 7) is 2.32. The molecule has 2 atom stereocenters. The Bertz CT molecular complexity index is 429. The van der Waals surface area contributed by atoms with Crippen LogP contribution in [-0.4, -0.2) is 33.0 Å². The number of ether oxygens (including phenoxy) is 3. The highest BCUT2D eigenvalue weighted by atomic mass is 16.5. The number of rotatable bonds is 3. The molecule has 1 aromatic rings. The summed E-state index contributed by atoms with van der Waals surface area (Å²) in [4.78, 5) is 0. The number of nitrogens with one attached hydrogen (secondary N) is 1. The Hall–Kier alpha value is -1.26. The minimum absolute atomic E-state index is 0.222. The van der Waals surface area contributed by atoms with E-state index in [-0.39, 0.29) is 12.1 Å². The smallest absolute Gasteiger partial charge is 0.161 e. The molecule has 19 heavy (non-hydrogen) atoms. The maximum absolute atomic E-state index is 5.79. The Morgan fingerprint density at radius 1 is 1.11 bits per heavy atom. The van der Waals surface area contributed by atoms with Crippen molar-refractivity contribution in [2.45, 2.75) is 31.4 Å². The van der Waals surface area contributed by atoms with Crippen molar-refractivity contribution >= 4 is 0 Å². The summed E-state index contributed by atoms with van der Waals surface area (Å²) in [5, 5.41) is 3.36. The maximum atomic E-state index is 5.79. The van der Waals surface area contributed by atoms with E-state index in [2.05, 4.69) is 17.4 Å². The van der Waals surface area contributed by atoms with E-state index in [4.69, 9.17) is 14.2 Å². The normalized spacial score (nSPS) is 23.9. The van der Waals surface area contributed by atoms with Crippen LogP contribution in [0.5, 0.6) is 11.5 Å². The molecule has 3 rings (SSSR count). The fraction of sp³-hybridized carbons (Fsp3) is 0.600. The molecule has 4 nitrogen and oxygen atoms in total. The van der Waals surface area contributed by atoms with Crippen LogP contribution in [0.25, 0.3) is 0 Å². The summed E-state index contributed by atoms with van der Waals surface area (Å²) in [7, 11) is 1.98. The van der Waals surface area contributed by atoms with E-state index >= 15 is 0 Å². The quantitative estimate of drug-likeness (QED) is 0.908. The van der Waals surface area contributed by atoms with Crippen molar-refractivity contribution in [3.8, 4) is 11.5 Å². The largest absolute Gasteiger partial charge is 0.490 e. The molecule has 1 saturated heterocycles. The Kier molecular flexibility index (Phi) is 3.89. The molecule has 1 aromatic carbocycles. The zero-order valence-electron chi connectivity index (χ0n) is 11.4. The summed E-state index contributed by atoms with van der Waals surface area (Å²) >= 11 is 0. The number of hydrogen-bond acceptors (Lipinski definition) is 4. The van der Waals surface area contributed by atoms with E-state index in [1.165, 1.54) is 5.56 Å². The Balaban J connectivity index is 1.85. The molecular formula is C15H21NO3. The third-order valence-electron chi connectivity index (χ3n) is 3.78. The number of hydrogen-bond donors (Lipinski definition) is 1. The third kappa shape index (κ3) is 2.69. The second kappa shape index (κ2) is 5.80. The molecule has 104 valence electrons. The van der Waals surface area contributed by atoms with Crippen molar-refractivity contribution in [3.05, 3.63) is 23.8 Å². The van der Waals surface area contributed by atoms with Gasteiger partial charge in [0.05, 0.1) is 25.4 Å². The number of benzene rings is 1. The molecule has 4 heteroatoms. The molecule has 2 heterocycles. The van der Waals surface area contributed by atoms with Crippen LogP contribution < -0.4 is 14.8 Å². The molecule has 2 aliphatic rings. The minimum atomic E-state index is 0.222. The predicted octanol–water partition coefficient (Wildman–Crippen LogP) is 2.29. The molecular weight excluding hydrogens is 242 g/mol. The van der Waals surface area contributed by atoms with E-state index in [1.807, 2.05) is 13.1 Å². The lowest BCUT2D eigenvalue weighted by Gasteiger charge is -2.23. The van der Waals surface area contributed by atoms with Crippen LogP contribution in [-0.2, 0) is 4.74 Å². The molecule has 1 fully saturated rings. The second-order valence-electron chi connectivity index (χ2n) is 5.07. The van der Waals surface area contributed by atoms with Crippen molar-refractivity contribution in [2.75, 3.05) is 26.9 Å². The molecule has 0 bridgehead atoms. The van der Waals surface area contributed by atoms with Crippen LogP contribution in [0.2, 0.25) is 0 Å². The average molecular weight is 263 g/mol. The zero-order chi connectivity index (χ0) is 13.1. The average Bonchev–Trinajstić information content (AvgIpc) is 2.85. The van der Waals surface area contributed by atoms with Crippen LogP contribution in [0.3, 0.4) is 0 Å². The third-order valence-corrected chi connectivity index (χ3v) is 3.78. The molecule has 0 aromatic heterocycles. The predicted molar refractivity (Wildman–Crippen MR) is 72.8 cm³/mol. The summed E-state index contributed by atoms with van der Waals surface area (Å²) < 4.78 is 17.2. The molecule has 0 aliphatic carbocycles. The fourth-order valence-corrected chi connectivity index (χ4v) is 2.81. The molecule has 2 aliphatic heterocycles. The minimum Gasteiger partial charge on any atom is -0.490 e. The summed E-state index contributed by atoms with van der Waals surface area (Å²) in [5.74, 6) is 1.71. The lowest BCUT2D eigenvalue weighted by Crippen LogP contribution is -2.28. The van der Waals surface area contributed by atoms with Gasteiger partial charge in [0, 0.05) is 13.0 Å². The van der Waals surface area contributed by atoms with Crippen molar-refractivity contribution in [1.82, 2.24) is 5.32 Å². The summed E-state index contributed by atoms with van der Waals surface area (Å²) in [6.07, 6.45) is 3.45. The van der Waals surface area contributed by atoms with Crippen molar-refractivity contribution in [1.29, 1.82) is 0 Å². The van der Waals surface area contributed by atoms with Gasteiger partial charge >= 0.3 is 0 Å². The highest BCUT2D eigenvalue weighted by Crippen LogP contribution is 2.34. The maximum Gasteiger partial charge on any atom is 0.161 e. The van der Waals surface area contributed by atoms with E-state index in [9.17, 15) is 0 Å². The Morgan fingerprint density at radius 3 is 2.68 bits per heavy atom. The Labute approximate surface area is 114 Å². The monoisotopic (exact) mass is 263 g/mol. The molecule has 1 N–H and O–H groups in total. The van der Waals surface area contributed by atoms with Crippen LogP contribution in [0.4, 0.5) is 0 Å². The van der Waals surface area contributed by atoms with Crippen molar-refractivity contribution < 1.29 is 14.2 Å². The van der Waals surface area contributed by atoms with Gasteiger partial charge in [0.15, 0.2) is 11.5 Å². The van der Waals surface area contributed by atoms with E-state index < -0.39 is 0 Å². The lowest BCUT2D eigenvalue weighted by molar-refractivity contribution is 0.0807. The highest BCUT2D eigenvalue weighted by Gasteiger charge is 2.27. The molecule has 0 radical (unpaired) electrons. The first-order chi connectivity index (χ1) is 9.38. The molecule has 2 unspecified atom stereocenters. The SMILES string of the molecule is CNC(c1ccc2c(c1)OCCCO2)C1CCCO1. The molecule has 0 spiro atoms. The molecule has 0 saturated carbocycles. The van der Waals surface area contributed by atoms with Gasteiger partial charge in [-0.25, -0.2) is 0 Å². The van der Waals surface area contributed by atoms with Gasteiger partial charge in [-0.05, 0) is 37.6 Å². The van der Waals surface area contributed by atoms with Gasteiger partial charge in [-0.1, -0.05) is 6.07 Å². The van der Waals surface area contributed by atoms with Crippen LogP contribution in [0.15, 0.2) is 18.2 Å². The number of likely N-dealkylation sites (N-methyl/N-ethyl adjacent to an activating group) is 1. The second-order valence-corrected chi connectivity index (χ2v) is 5.07. The zero-order valence-corrected chi connectivity index (χ0v) is 11.4. The Morgan fingerprint density at radius 2 is 1.95 bits per heavy atom. The van der Waals surface area contributed by atoms with Gasteiger partial charge < -0.3 is 19.5 Å². The fourth-order valence-electron chi connectivity index (χ4n) is 2.81.